The Hall–Kier alpha value is -2.52. The molecule has 1 atom stereocenters. The normalized spacial score (nSPS) is 18.6. The van der Waals surface area contributed by atoms with Crippen molar-refractivity contribution in [3.8, 4) is 0 Å². The van der Waals surface area contributed by atoms with Crippen LogP contribution in [0.4, 0.5) is 0 Å². The van der Waals surface area contributed by atoms with Gasteiger partial charge in [0.15, 0.2) is 5.03 Å². The molecule has 3 aromatic rings. The topological polar surface area (TPSA) is 101 Å². The largest absolute Gasteiger partial charge is 0.337 e. The van der Waals surface area contributed by atoms with E-state index in [4.69, 9.17) is 0 Å². The van der Waals surface area contributed by atoms with Gasteiger partial charge in [-0.1, -0.05) is 12.1 Å². The number of hydrogen-bond acceptors (Lipinski definition) is 5. The van der Waals surface area contributed by atoms with Crippen molar-refractivity contribution >= 4 is 20.9 Å². The third-order valence-corrected chi connectivity index (χ3v) is 6.59. The summed E-state index contributed by atoms with van der Waals surface area (Å²) in [4.78, 5) is 23.8. The van der Waals surface area contributed by atoms with E-state index in [0.29, 0.717) is 41.9 Å². The maximum absolute atomic E-state index is 13.1. The lowest BCUT2D eigenvalue weighted by molar-refractivity contribution is 0.382. The van der Waals surface area contributed by atoms with E-state index in [9.17, 15) is 13.2 Å². The Balaban J connectivity index is 1.78. The van der Waals surface area contributed by atoms with Gasteiger partial charge in [-0.25, -0.2) is 18.4 Å². The van der Waals surface area contributed by atoms with Gasteiger partial charge in [0.2, 0.25) is 0 Å². The number of para-hydroxylation sites is 1. The summed E-state index contributed by atoms with van der Waals surface area (Å²) in [5.41, 5.74) is 0.299. The van der Waals surface area contributed by atoms with Crippen LogP contribution in [-0.2, 0) is 17.1 Å². The van der Waals surface area contributed by atoms with Crippen molar-refractivity contribution in [2.45, 2.75) is 30.8 Å². The van der Waals surface area contributed by atoms with Gasteiger partial charge in [-0.05, 0) is 31.9 Å². The molecule has 1 aliphatic heterocycles. The molecule has 1 N–H and O–H groups in total. The van der Waals surface area contributed by atoms with Gasteiger partial charge in [0.1, 0.15) is 11.6 Å². The van der Waals surface area contributed by atoms with Crippen molar-refractivity contribution in [2.24, 2.45) is 7.05 Å². The lowest BCUT2D eigenvalue weighted by Crippen LogP contribution is -2.32. The Morgan fingerprint density at radius 1 is 1.23 bits per heavy atom. The van der Waals surface area contributed by atoms with E-state index in [2.05, 4.69) is 15.0 Å². The predicted molar refractivity (Wildman–Crippen MR) is 96.2 cm³/mol. The number of sulfonamides is 1. The van der Waals surface area contributed by atoms with Crippen LogP contribution in [-0.4, -0.2) is 38.8 Å². The average molecular weight is 373 g/mol. The SMILES string of the molecule is Cc1nc(S(=O)(=O)N2CCCC2c2nc3ccccc3c(=O)[nH]2)cn1C. The van der Waals surface area contributed by atoms with Crippen LogP contribution in [0, 0.1) is 6.92 Å². The maximum Gasteiger partial charge on any atom is 0.262 e. The van der Waals surface area contributed by atoms with Crippen molar-refractivity contribution < 1.29 is 8.42 Å². The molecule has 0 bridgehead atoms. The van der Waals surface area contributed by atoms with Crippen molar-refractivity contribution in [3.05, 3.63) is 52.5 Å². The van der Waals surface area contributed by atoms with Crippen LogP contribution in [0.25, 0.3) is 10.9 Å². The van der Waals surface area contributed by atoms with Gasteiger partial charge in [0, 0.05) is 19.8 Å². The molecule has 4 rings (SSSR count). The average Bonchev–Trinajstić information content (AvgIpc) is 3.23. The van der Waals surface area contributed by atoms with Gasteiger partial charge in [-0.15, -0.1) is 0 Å². The van der Waals surface area contributed by atoms with Crippen LogP contribution in [0.2, 0.25) is 0 Å². The second-order valence-electron chi connectivity index (χ2n) is 6.48. The van der Waals surface area contributed by atoms with E-state index < -0.39 is 16.1 Å². The fraction of sp³-hybridized carbons (Fsp3) is 0.353. The molecule has 8 nitrogen and oxygen atoms in total. The molecule has 136 valence electrons. The summed E-state index contributed by atoms with van der Waals surface area (Å²) in [7, 11) is -2.01. The first-order valence-corrected chi connectivity index (χ1v) is 9.83. The number of H-pyrrole nitrogens is 1. The van der Waals surface area contributed by atoms with Crippen molar-refractivity contribution in [1.82, 2.24) is 23.8 Å². The molecular weight excluding hydrogens is 354 g/mol. The highest BCUT2D eigenvalue weighted by atomic mass is 32.2. The van der Waals surface area contributed by atoms with E-state index >= 15 is 0 Å². The molecule has 0 spiro atoms. The fourth-order valence-corrected chi connectivity index (χ4v) is 5.02. The molecule has 0 radical (unpaired) electrons. The second kappa shape index (κ2) is 6.03. The van der Waals surface area contributed by atoms with Gasteiger partial charge >= 0.3 is 0 Å². The number of rotatable bonds is 3. The van der Waals surface area contributed by atoms with E-state index in [1.54, 1.807) is 42.8 Å². The smallest absolute Gasteiger partial charge is 0.262 e. The Labute approximate surface area is 150 Å². The lowest BCUT2D eigenvalue weighted by atomic mass is 10.2. The van der Waals surface area contributed by atoms with E-state index in [-0.39, 0.29) is 10.6 Å². The second-order valence-corrected chi connectivity index (χ2v) is 8.32. The fourth-order valence-electron chi connectivity index (χ4n) is 3.33. The van der Waals surface area contributed by atoms with Gasteiger partial charge in [0.25, 0.3) is 15.6 Å². The third-order valence-electron chi connectivity index (χ3n) is 4.81. The van der Waals surface area contributed by atoms with E-state index in [0.717, 1.165) is 0 Å². The quantitative estimate of drug-likeness (QED) is 0.750. The molecule has 1 saturated heterocycles. The number of fused-ring (bicyclic) bond motifs is 1. The predicted octanol–water partition coefficient (Wildman–Crippen LogP) is 1.49. The standard InChI is InChI=1S/C17H19N5O3S/c1-11-18-15(10-21(11)2)26(24,25)22-9-5-8-14(22)16-19-13-7-4-3-6-12(13)17(23)20-16/h3-4,6-7,10,14H,5,8-9H2,1-2H3,(H,19,20,23). The Morgan fingerprint density at radius 3 is 2.73 bits per heavy atom. The Morgan fingerprint density at radius 2 is 2.00 bits per heavy atom. The van der Waals surface area contributed by atoms with Crippen LogP contribution in [0.5, 0.6) is 0 Å². The monoisotopic (exact) mass is 373 g/mol. The molecule has 1 unspecified atom stereocenters. The third kappa shape index (κ3) is 2.63. The molecule has 0 saturated carbocycles. The summed E-state index contributed by atoms with van der Waals surface area (Å²) in [5, 5.41) is 0.511. The summed E-state index contributed by atoms with van der Waals surface area (Å²) in [6, 6.07) is 6.53. The van der Waals surface area contributed by atoms with Crippen LogP contribution in [0.1, 0.15) is 30.5 Å². The highest BCUT2D eigenvalue weighted by Crippen LogP contribution is 2.34. The number of aromatic nitrogens is 4. The number of aryl methyl sites for hydroxylation is 2. The van der Waals surface area contributed by atoms with E-state index in [1.807, 2.05) is 0 Å². The first kappa shape index (κ1) is 16.9. The minimum atomic E-state index is -3.76. The van der Waals surface area contributed by atoms with Crippen molar-refractivity contribution in [2.75, 3.05) is 6.54 Å². The molecular formula is C17H19N5O3S. The summed E-state index contributed by atoms with van der Waals surface area (Å²) in [5.74, 6) is 0.999. The lowest BCUT2D eigenvalue weighted by Gasteiger charge is -2.22. The first-order valence-electron chi connectivity index (χ1n) is 8.38. The Bertz CT molecular complexity index is 1130. The maximum atomic E-state index is 13.1. The highest BCUT2D eigenvalue weighted by Gasteiger charge is 2.39. The molecule has 1 aromatic carbocycles. The number of nitrogens with one attached hydrogen (secondary N) is 1. The number of hydrogen-bond donors (Lipinski definition) is 1. The molecule has 9 heteroatoms. The number of nitrogens with zero attached hydrogens (tertiary/aromatic N) is 4. The number of imidazole rings is 1. The number of benzene rings is 1. The summed E-state index contributed by atoms with van der Waals surface area (Å²) < 4.78 is 29.2. The minimum Gasteiger partial charge on any atom is -0.337 e. The zero-order valence-corrected chi connectivity index (χ0v) is 15.3. The van der Waals surface area contributed by atoms with E-state index in [1.165, 1.54) is 10.5 Å². The van der Waals surface area contributed by atoms with Gasteiger partial charge in [-0.2, -0.15) is 4.31 Å². The highest BCUT2D eigenvalue weighted by molar-refractivity contribution is 7.89. The van der Waals surface area contributed by atoms with Crippen LogP contribution in [0.3, 0.4) is 0 Å². The van der Waals surface area contributed by atoms with Crippen molar-refractivity contribution in [1.29, 1.82) is 0 Å². The molecule has 3 heterocycles. The van der Waals surface area contributed by atoms with Gasteiger partial charge in [0.05, 0.1) is 16.9 Å². The van der Waals surface area contributed by atoms with Crippen LogP contribution < -0.4 is 5.56 Å². The minimum absolute atomic E-state index is 0.0209. The van der Waals surface area contributed by atoms with Gasteiger partial charge < -0.3 is 9.55 Å². The Kier molecular flexibility index (Phi) is 3.92. The first-order chi connectivity index (χ1) is 12.4. The zero-order chi connectivity index (χ0) is 18.5. The molecule has 2 aromatic heterocycles. The zero-order valence-electron chi connectivity index (χ0n) is 14.5. The summed E-state index contributed by atoms with van der Waals surface area (Å²) in [6.45, 7) is 2.13. The number of aromatic amines is 1. The van der Waals surface area contributed by atoms with Crippen LogP contribution in [0.15, 0.2) is 40.3 Å². The molecule has 1 aliphatic rings. The molecule has 26 heavy (non-hydrogen) atoms. The molecule has 0 amide bonds. The summed E-state index contributed by atoms with van der Waals surface area (Å²) >= 11 is 0. The summed E-state index contributed by atoms with van der Waals surface area (Å²) in [6.07, 6.45) is 2.81. The van der Waals surface area contributed by atoms with Crippen molar-refractivity contribution in [3.63, 3.8) is 0 Å². The molecule has 0 aliphatic carbocycles. The molecule has 1 fully saturated rings. The van der Waals surface area contributed by atoms with Crippen LogP contribution >= 0.6 is 0 Å². The van der Waals surface area contributed by atoms with Gasteiger partial charge in [-0.3, -0.25) is 4.79 Å².